The summed E-state index contributed by atoms with van der Waals surface area (Å²) in [7, 11) is 1.13. The highest BCUT2D eigenvalue weighted by molar-refractivity contribution is 6.36. The van der Waals surface area contributed by atoms with Crippen molar-refractivity contribution in [3.05, 3.63) is 47.0 Å². The number of methoxy groups -OCH3 is 1. The van der Waals surface area contributed by atoms with Crippen molar-refractivity contribution in [1.29, 1.82) is 0 Å². The molecule has 0 spiro atoms. The largest absolute Gasteiger partial charge is 0.465 e. The number of amides is 1. The number of carbonyl (C=O) groups excluding carboxylic acids is 2. The van der Waals surface area contributed by atoms with E-state index in [0.29, 0.717) is 22.0 Å². The minimum atomic E-state index is -1.32. The number of benzene rings is 1. The number of ether oxygens (including phenoxy) is 1. The molecule has 4 rings (SSSR count). The van der Waals surface area contributed by atoms with E-state index in [1.807, 2.05) is 0 Å². The Hall–Kier alpha value is -3.73. The van der Waals surface area contributed by atoms with Crippen molar-refractivity contribution < 1.29 is 28.2 Å². The van der Waals surface area contributed by atoms with Crippen LogP contribution in [0.4, 0.5) is 19.5 Å². The first kappa shape index (κ1) is 18.6. The number of fused-ring (bicyclic) bond motifs is 2. The van der Waals surface area contributed by atoms with E-state index in [-0.39, 0.29) is 21.9 Å². The minimum Gasteiger partial charge on any atom is -0.465 e. The van der Waals surface area contributed by atoms with Gasteiger partial charge in [0.05, 0.1) is 29.4 Å². The molecule has 3 aromatic heterocycles. The van der Waals surface area contributed by atoms with E-state index in [4.69, 9.17) is 11.6 Å². The lowest BCUT2D eigenvalue weighted by Crippen LogP contribution is -2.09. The molecule has 3 heterocycles. The Labute approximate surface area is 165 Å². The van der Waals surface area contributed by atoms with Crippen LogP contribution in [0.25, 0.3) is 27.5 Å². The summed E-state index contributed by atoms with van der Waals surface area (Å²) in [6.07, 6.45) is 1.62. The average Bonchev–Trinajstić information content (AvgIpc) is 3.34. The molecular formula is C17H10ClF2N5O4. The zero-order valence-electron chi connectivity index (χ0n) is 14.5. The van der Waals surface area contributed by atoms with Gasteiger partial charge in [0.2, 0.25) is 0 Å². The summed E-state index contributed by atoms with van der Waals surface area (Å²) < 4.78 is 32.8. The van der Waals surface area contributed by atoms with Gasteiger partial charge >= 0.3 is 12.1 Å². The summed E-state index contributed by atoms with van der Waals surface area (Å²) >= 11 is 6.25. The van der Waals surface area contributed by atoms with Crippen LogP contribution in [0.1, 0.15) is 10.4 Å². The molecule has 2 N–H and O–H groups in total. The number of carbonyl (C=O) groups is 2. The number of rotatable bonds is 3. The summed E-state index contributed by atoms with van der Waals surface area (Å²) in [5.74, 6) is -1.81. The van der Waals surface area contributed by atoms with E-state index in [2.05, 4.69) is 30.3 Å². The van der Waals surface area contributed by atoms with E-state index in [9.17, 15) is 18.5 Å². The van der Waals surface area contributed by atoms with E-state index in [1.165, 1.54) is 23.0 Å². The fourth-order valence-electron chi connectivity index (χ4n) is 3.02. The maximum atomic E-state index is 14.9. The third-order valence-electron chi connectivity index (χ3n) is 4.23. The minimum absolute atomic E-state index is 0.0385. The molecule has 29 heavy (non-hydrogen) atoms. The number of hydrogen-bond donors (Lipinski definition) is 2. The van der Waals surface area contributed by atoms with Gasteiger partial charge in [-0.2, -0.15) is 5.10 Å². The number of aromatic nitrogens is 4. The summed E-state index contributed by atoms with van der Waals surface area (Å²) in [6.45, 7) is 0. The summed E-state index contributed by atoms with van der Waals surface area (Å²) in [5.41, 5.74) is 1.05. The SMILES string of the molecule is COC(=O)c1c(F)c(Cl)c(-c2ccn3nc(NC(=O)OF)cc3c2)c2cn[nH]c12. The van der Waals surface area contributed by atoms with Crippen molar-refractivity contribution in [1.82, 2.24) is 19.8 Å². The van der Waals surface area contributed by atoms with Gasteiger partial charge in [0.25, 0.3) is 0 Å². The monoisotopic (exact) mass is 421 g/mol. The molecule has 148 valence electrons. The van der Waals surface area contributed by atoms with Crippen LogP contribution in [-0.2, 0) is 9.68 Å². The molecule has 0 fully saturated rings. The van der Waals surface area contributed by atoms with Gasteiger partial charge in [0, 0.05) is 27.7 Å². The molecule has 4 aromatic rings. The highest BCUT2D eigenvalue weighted by atomic mass is 35.5. The Morgan fingerprint density at radius 1 is 1.34 bits per heavy atom. The maximum Gasteiger partial charge on any atom is 0.450 e. The Bertz CT molecular complexity index is 1290. The number of nitrogens with zero attached hydrogens (tertiary/aromatic N) is 3. The second-order valence-electron chi connectivity index (χ2n) is 5.83. The molecule has 0 unspecified atom stereocenters. The Morgan fingerprint density at radius 3 is 2.86 bits per heavy atom. The van der Waals surface area contributed by atoms with Crippen LogP contribution in [-0.4, -0.2) is 39.0 Å². The van der Waals surface area contributed by atoms with Crippen LogP contribution in [0.5, 0.6) is 0 Å². The quantitative estimate of drug-likeness (QED) is 0.485. The third-order valence-corrected chi connectivity index (χ3v) is 4.59. The van der Waals surface area contributed by atoms with E-state index < -0.39 is 17.9 Å². The molecule has 0 saturated carbocycles. The highest BCUT2D eigenvalue weighted by Gasteiger charge is 2.26. The number of nitrogens with one attached hydrogen (secondary N) is 2. The molecule has 0 aliphatic heterocycles. The number of pyridine rings is 1. The van der Waals surface area contributed by atoms with Gasteiger partial charge in [-0.05, 0) is 17.7 Å². The molecule has 0 atom stereocenters. The standard InChI is InChI=1S/C17H10ClF2N5O4/c1-28-16(26)12-14(19)13(18)11(9-6-21-23-15(9)12)7-2-3-25-8(4-7)5-10(24-25)22-17(27)29-20/h2-6H,1H3,(H,21,23)(H,22,24,27). The second kappa shape index (κ2) is 7.02. The number of H-pyrrole nitrogens is 1. The van der Waals surface area contributed by atoms with Crippen molar-refractivity contribution in [2.45, 2.75) is 0 Å². The van der Waals surface area contributed by atoms with Gasteiger partial charge in [-0.15, -0.1) is 5.10 Å². The van der Waals surface area contributed by atoms with Crippen molar-refractivity contribution in [3.63, 3.8) is 0 Å². The van der Waals surface area contributed by atoms with E-state index >= 15 is 0 Å². The van der Waals surface area contributed by atoms with Crippen molar-refractivity contribution >= 4 is 45.9 Å². The van der Waals surface area contributed by atoms with Crippen LogP contribution in [0, 0.1) is 5.82 Å². The number of esters is 1. The lowest BCUT2D eigenvalue weighted by Gasteiger charge is -2.11. The van der Waals surface area contributed by atoms with Crippen LogP contribution in [0.15, 0.2) is 30.6 Å². The third kappa shape index (κ3) is 3.01. The first-order valence-electron chi connectivity index (χ1n) is 7.96. The van der Waals surface area contributed by atoms with E-state index in [0.717, 1.165) is 7.11 Å². The van der Waals surface area contributed by atoms with Crippen molar-refractivity contribution in [2.75, 3.05) is 12.4 Å². The topological polar surface area (TPSA) is 111 Å². The molecule has 0 radical (unpaired) electrons. The summed E-state index contributed by atoms with van der Waals surface area (Å²) in [6, 6.07) is 4.66. The zero-order valence-corrected chi connectivity index (χ0v) is 15.3. The second-order valence-corrected chi connectivity index (χ2v) is 6.21. The van der Waals surface area contributed by atoms with Crippen LogP contribution in [0.2, 0.25) is 5.02 Å². The predicted octanol–water partition coefficient (Wildman–Crippen LogP) is 3.89. The maximum absolute atomic E-state index is 14.9. The molecule has 0 aliphatic rings. The first-order chi connectivity index (χ1) is 13.9. The lowest BCUT2D eigenvalue weighted by molar-refractivity contribution is -0.0544. The van der Waals surface area contributed by atoms with E-state index in [1.54, 1.807) is 12.1 Å². The summed E-state index contributed by atoms with van der Waals surface area (Å²) in [5, 5.41) is 12.7. The molecule has 0 bridgehead atoms. The van der Waals surface area contributed by atoms with Crippen molar-refractivity contribution in [3.8, 4) is 11.1 Å². The van der Waals surface area contributed by atoms with Crippen LogP contribution in [0.3, 0.4) is 0 Å². The Morgan fingerprint density at radius 2 is 2.14 bits per heavy atom. The Balaban J connectivity index is 1.89. The number of hydrogen-bond acceptors (Lipinski definition) is 6. The van der Waals surface area contributed by atoms with Crippen LogP contribution < -0.4 is 5.32 Å². The molecule has 1 aromatic carbocycles. The van der Waals surface area contributed by atoms with Gasteiger partial charge in [0.15, 0.2) is 11.6 Å². The lowest BCUT2D eigenvalue weighted by atomic mass is 9.99. The number of aromatic amines is 1. The molecule has 0 saturated heterocycles. The fraction of sp³-hybridized carbons (Fsp3) is 0.0588. The molecule has 1 amide bonds. The highest BCUT2D eigenvalue weighted by Crippen LogP contribution is 2.39. The van der Waals surface area contributed by atoms with Gasteiger partial charge in [-0.3, -0.25) is 10.4 Å². The number of halogens is 3. The van der Waals surface area contributed by atoms with Gasteiger partial charge in [-0.1, -0.05) is 11.6 Å². The fourth-order valence-corrected chi connectivity index (χ4v) is 3.33. The smallest absolute Gasteiger partial charge is 0.450 e. The van der Waals surface area contributed by atoms with Gasteiger partial charge in [-0.25, -0.2) is 23.4 Å². The average molecular weight is 422 g/mol. The number of anilines is 1. The molecule has 12 heteroatoms. The first-order valence-corrected chi connectivity index (χ1v) is 8.34. The predicted molar refractivity (Wildman–Crippen MR) is 97.8 cm³/mol. The van der Waals surface area contributed by atoms with Crippen LogP contribution >= 0.6 is 11.6 Å². The van der Waals surface area contributed by atoms with Gasteiger partial charge in [0.1, 0.15) is 5.56 Å². The van der Waals surface area contributed by atoms with Gasteiger partial charge < -0.3 is 4.74 Å². The molecule has 0 aliphatic carbocycles. The zero-order chi connectivity index (χ0) is 20.7. The normalized spacial score (nSPS) is 11.0. The Kier molecular flexibility index (Phi) is 4.51. The van der Waals surface area contributed by atoms with Crippen molar-refractivity contribution in [2.24, 2.45) is 0 Å². The summed E-state index contributed by atoms with van der Waals surface area (Å²) in [4.78, 5) is 26.0. The molecule has 9 nitrogen and oxygen atoms in total. The molecular weight excluding hydrogens is 412 g/mol.